The molecule has 36 heavy (non-hydrogen) atoms. The Morgan fingerprint density at radius 3 is 2.14 bits per heavy atom. The van der Waals surface area contributed by atoms with E-state index in [1.165, 1.54) is 6.33 Å². The molecule has 0 saturated carbocycles. The number of hydrogen-bond acceptors (Lipinski definition) is 7. The molecule has 0 amide bonds. The molecule has 1 unspecified atom stereocenters. The summed E-state index contributed by atoms with van der Waals surface area (Å²) in [5, 5.41) is 0.965. The largest absolute Gasteiger partial charge is 0.452 e. The highest BCUT2D eigenvalue weighted by atomic mass is 127. The van der Waals surface area contributed by atoms with Crippen LogP contribution in [0, 0.1) is 3.57 Å². The summed E-state index contributed by atoms with van der Waals surface area (Å²) in [6.07, 6.45) is 0.560. The molecule has 5 rings (SSSR count). The number of ether oxygens (including phenoxy) is 3. The standard InChI is InChI=1S/C26H21ClIN3O5/c1-2-18-20(35-25(32)15-9-5-3-6-10-15)21(36-26(33)16-11-7-4-8-12-16)24(34-18)31-13-17(28)19-22(27)29-14-30-23(19)31/h3-14,18,20-21,24H,2H2,1H3/t18-,20?,21+,24-/m1/s1. The zero-order valence-electron chi connectivity index (χ0n) is 19.1. The zero-order valence-corrected chi connectivity index (χ0v) is 22.0. The quantitative estimate of drug-likeness (QED) is 0.161. The first-order chi connectivity index (χ1) is 17.5. The maximum Gasteiger partial charge on any atom is 0.338 e. The number of halogens is 2. The fourth-order valence-electron chi connectivity index (χ4n) is 4.26. The Morgan fingerprint density at radius 1 is 0.972 bits per heavy atom. The van der Waals surface area contributed by atoms with Crippen LogP contribution in [0.1, 0.15) is 40.3 Å². The Kier molecular flexibility index (Phi) is 7.22. The molecule has 0 bridgehead atoms. The molecular weight excluding hydrogens is 597 g/mol. The number of fused-ring (bicyclic) bond motifs is 1. The summed E-state index contributed by atoms with van der Waals surface area (Å²) in [7, 11) is 0. The lowest BCUT2D eigenvalue weighted by Crippen LogP contribution is -2.39. The highest BCUT2D eigenvalue weighted by Crippen LogP contribution is 2.39. The number of carbonyl (C=O) groups excluding carboxylic acids is 2. The number of esters is 2. The van der Waals surface area contributed by atoms with Crippen molar-refractivity contribution in [2.45, 2.75) is 37.9 Å². The topological polar surface area (TPSA) is 92.5 Å². The third-order valence-electron chi connectivity index (χ3n) is 5.98. The molecule has 3 heterocycles. The Bertz CT molecular complexity index is 1400. The van der Waals surface area contributed by atoms with Crippen LogP contribution >= 0.6 is 34.2 Å². The minimum absolute atomic E-state index is 0.304. The predicted molar refractivity (Wildman–Crippen MR) is 141 cm³/mol. The predicted octanol–water partition coefficient (Wildman–Crippen LogP) is 5.45. The van der Waals surface area contributed by atoms with Crippen LogP contribution in [0.3, 0.4) is 0 Å². The van der Waals surface area contributed by atoms with Crippen molar-refractivity contribution in [3.63, 3.8) is 0 Å². The van der Waals surface area contributed by atoms with Gasteiger partial charge in [-0.25, -0.2) is 19.6 Å². The summed E-state index contributed by atoms with van der Waals surface area (Å²) < 4.78 is 20.8. The first-order valence-corrected chi connectivity index (χ1v) is 12.8. The maximum atomic E-state index is 13.1. The van der Waals surface area contributed by atoms with E-state index < -0.39 is 36.5 Å². The fourth-order valence-corrected chi connectivity index (χ4v) is 5.44. The van der Waals surface area contributed by atoms with Crippen molar-refractivity contribution < 1.29 is 23.8 Å². The van der Waals surface area contributed by atoms with Gasteiger partial charge in [0.05, 0.1) is 16.5 Å². The van der Waals surface area contributed by atoms with E-state index in [1.54, 1.807) is 53.1 Å². The van der Waals surface area contributed by atoms with Crippen LogP contribution in [0.25, 0.3) is 11.0 Å². The van der Waals surface area contributed by atoms with E-state index in [1.807, 2.05) is 25.3 Å². The van der Waals surface area contributed by atoms with Crippen LogP contribution in [0.2, 0.25) is 5.15 Å². The summed E-state index contributed by atoms with van der Waals surface area (Å²) in [4.78, 5) is 34.6. The maximum absolute atomic E-state index is 13.1. The van der Waals surface area contributed by atoms with Gasteiger partial charge >= 0.3 is 11.9 Å². The molecule has 0 spiro atoms. The van der Waals surface area contributed by atoms with E-state index in [9.17, 15) is 9.59 Å². The average Bonchev–Trinajstić information content (AvgIpc) is 3.42. The monoisotopic (exact) mass is 617 g/mol. The normalized spacial score (nSPS) is 21.4. The smallest absolute Gasteiger partial charge is 0.338 e. The molecule has 4 aromatic rings. The molecule has 2 aromatic heterocycles. The Labute approximate surface area is 225 Å². The molecule has 1 aliphatic rings. The van der Waals surface area contributed by atoms with E-state index in [0.29, 0.717) is 33.7 Å². The lowest BCUT2D eigenvalue weighted by atomic mass is 10.1. The van der Waals surface area contributed by atoms with Crippen molar-refractivity contribution in [2.75, 3.05) is 0 Å². The Morgan fingerprint density at radius 2 is 1.56 bits per heavy atom. The molecule has 0 radical (unpaired) electrons. The van der Waals surface area contributed by atoms with Crippen molar-refractivity contribution in [3.8, 4) is 0 Å². The van der Waals surface area contributed by atoms with Gasteiger partial charge in [-0.05, 0) is 53.3 Å². The number of rotatable bonds is 6. The molecule has 1 saturated heterocycles. The number of carbonyl (C=O) groups is 2. The summed E-state index contributed by atoms with van der Waals surface area (Å²) >= 11 is 8.49. The van der Waals surface area contributed by atoms with Gasteiger partial charge in [-0.3, -0.25) is 0 Å². The fraction of sp³-hybridized carbons (Fsp3) is 0.231. The Balaban J connectivity index is 1.55. The minimum atomic E-state index is -0.949. The number of aromatic nitrogens is 3. The van der Waals surface area contributed by atoms with E-state index in [0.717, 1.165) is 3.57 Å². The van der Waals surface area contributed by atoms with Gasteiger partial charge in [-0.15, -0.1) is 0 Å². The van der Waals surface area contributed by atoms with Crippen molar-refractivity contribution in [3.05, 3.63) is 93.0 Å². The van der Waals surface area contributed by atoms with Gasteiger partial charge in [0.2, 0.25) is 0 Å². The van der Waals surface area contributed by atoms with Crippen LogP contribution in [0.5, 0.6) is 0 Å². The number of benzene rings is 2. The number of hydrogen-bond donors (Lipinski definition) is 0. The van der Waals surface area contributed by atoms with Gasteiger partial charge in [-0.1, -0.05) is 54.9 Å². The van der Waals surface area contributed by atoms with Crippen LogP contribution in [0.4, 0.5) is 0 Å². The van der Waals surface area contributed by atoms with Crippen LogP contribution in [-0.2, 0) is 14.2 Å². The summed E-state index contributed by atoms with van der Waals surface area (Å²) in [6.45, 7) is 1.92. The number of nitrogens with zero attached hydrogens (tertiary/aromatic N) is 3. The van der Waals surface area contributed by atoms with Gasteiger partial charge in [-0.2, -0.15) is 0 Å². The second-order valence-corrected chi connectivity index (χ2v) is 9.71. The summed E-state index contributed by atoms with van der Waals surface area (Å²) in [6, 6.07) is 17.3. The second-order valence-electron chi connectivity index (χ2n) is 8.19. The van der Waals surface area contributed by atoms with Crippen LogP contribution < -0.4 is 0 Å². The first kappa shape index (κ1) is 24.7. The Hall–Kier alpha value is -3.02. The van der Waals surface area contributed by atoms with Crippen molar-refractivity contribution in [1.29, 1.82) is 0 Å². The van der Waals surface area contributed by atoms with Gasteiger partial charge in [0, 0.05) is 9.77 Å². The SMILES string of the molecule is CC[C@H]1O[C@@H](n2cc(I)c3c(Cl)ncnc32)[C@@H](OC(=O)c2ccccc2)C1OC(=O)c1ccccc1. The lowest BCUT2D eigenvalue weighted by molar-refractivity contribution is -0.0487. The molecule has 4 atom stereocenters. The van der Waals surface area contributed by atoms with Crippen LogP contribution in [-0.4, -0.2) is 44.8 Å². The van der Waals surface area contributed by atoms with Gasteiger partial charge in [0.15, 0.2) is 18.4 Å². The molecule has 10 heteroatoms. The van der Waals surface area contributed by atoms with Crippen molar-refractivity contribution in [2.24, 2.45) is 0 Å². The van der Waals surface area contributed by atoms with E-state index >= 15 is 0 Å². The molecule has 8 nitrogen and oxygen atoms in total. The lowest BCUT2D eigenvalue weighted by Gasteiger charge is -2.25. The van der Waals surface area contributed by atoms with Gasteiger partial charge in [0.1, 0.15) is 23.2 Å². The molecular formula is C26H21ClIN3O5. The molecule has 0 N–H and O–H groups in total. The molecule has 0 aliphatic carbocycles. The summed E-state index contributed by atoms with van der Waals surface area (Å²) in [5.41, 5.74) is 1.29. The van der Waals surface area contributed by atoms with E-state index in [2.05, 4.69) is 32.6 Å². The zero-order chi connectivity index (χ0) is 25.2. The second kappa shape index (κ2) is 10.5. The van der Waals surface area contributed by atoms with E-state index in [4.69, 9.17) is 25.8 Å². The minimum Gasteiger partial charge on any atom is -0.452 e. The molecule has 184 valence electrons. The highest BCUT2D eigenvalue weighted by molar-refractivity contribution is 14.1. The third kappa shape index (κ3) is 4.70. The first-order valence-electron chi connectivity index (χ1n) is 11.3. The molecule has 1 aliphatic heterocycles. The van der Waals surface area contributed by atoms with Crippen molar-refractivity contribution >= 4 is 57.2 Å². The highest BCUT2D eigenvalue weighted by Gasteiger charge is 2.50. The van der Waals surface area contributed by atoms with Crippen LogP contribution in [0.15, 0.2) is 73.2 Å². The average molecular weight is 618 g/mol. The third-order valence-corrected chi connectivity index (χ3v) is 7.09. The van der Waals surface area contributed by atoms with Gasteiger partial charge < -0.3 is 18.8 Å². The molecule has 1 fully saturated rings. The molecule has 2 aromatic carbocycles. The summed E-state index contributed by atoms with van der Waals surface area (Å²) in [5.74, 6) is -1.08. The van der Waals surface area contributed by atoms with Gasteiger partial charge in [0.25, 0.3) is 0 Å². The van der Waals surface area contributed by atoms with E-state index in [-0.39, 0.29) is 0 Å². The van der Waals surface area contributed by atoms with Crippen molar-refractivity contribution in [1.82, 2.24) is 14.5 Å².